The van der Waals surface area contributed by atoms with Crippen LogP contribution in [0.5, 0.6) is 5.75 Å². The number of rotatable bonds is 7. The first-order valence-corrected chi connectivity index (χ1v) is 11.9. The molecule has 1 saturated heterocycles. The third-order valence-corrected chi connectivity index (χ3v) is 6.41. The molecule has 0 bridgehead atoms. The lowest BCUT2D eigenvalue weighted by molar-refractivity contribution is -0.142. The number of carbonyl (C=O) groups excluding carboxylic acids is 2. The molecule has 186 valence electrons. The first-order valence-electron chi connectivity index (χ1n) is 11.9. The highest BCUT2D eigenvalue weighted by Crippen LogP contribution is 2.47. The SMILES string of the molecule is O=C(C[C@@H]1C[C@@H]2c3cc(NC(=O)Nc4ccccc4)ccc3O[C@@H]2[C@H](CO)O1)NCc1cccnc1. The zero-order chi connectivity index (χ0) is 24.9. The van der Waals surface area contributed by atoms with Crippen molar-refractivity contribution in [2.75, 3.05) is 17.2 Å². The monoisotopic (exact) mass is 488 g/mol. The molecule has 0 spiro atoms. The zero-order valence-corrected chi connectivity index (χ0v) is 19.6. The largest absolute Gasteiger partial charge is 0.487 e. The Kier molecular flexibility index (Phi) is 7.11. The summed E-state index contributed by atoms with van der Waals surface area (Å²) in [5.74, 6) is 0.495. The average molecular weight is 489 g/mol. The fourth-order valence-corrected chi connectivity index (χ4v) is 4.76. The van der Waals surface area contributed by atoms with Gasteiger partial charge in [-0.15, -0.1) is 0 Å². The second-order valence-electron chi connectivity index (χ2n) is 8.94. The minimum Gasteiger partial charge on any atom is -0.487 e. The van der Waals surface area contributed by atoms with Crippen LogP contribution >= 0.6 is 0 Å². The minimum absolute atomic E-state index is 0.0686. The summed E-state index contributed by atoms with van der Waals surface area (Å²) in [4.78, 5) is 29.1. The third-order valence-electron chi connectivity index (χ3n) is 6.41. The normalized spacial score (nSPS) is 22.0. The van der Waals surface area contributed by atoms with E-state index in [1.54, 1.807) is 18.5 Å². The summed E-state index contributed by atoms with van der Waals surface area (Å²) in [6.07, 6.45) is 2.86. The standard InChI is InChI=1S/C27H28N4O5/c32-16-24-26-22(12-20(35-24)13-25(33)29-15-17-5-4-10-28-14-17)21-11-19(8-9-23(21)36-26)31-27(34)30-18-6-2-1-3-7-18/h1-11,14,20,22,24,26,32H,12-13,15-16H2,(H,29,33)(H2,30,31,34)/t20-,22+,24-,26-/m0/s1. The van der Waals surface area contributed by atoms with Gasteiger partial charge in [-0.05, 0) is 48.4 Å². The predicted molar refractivity (Wildman–Crippen MR) is 134 cm³/mol. The van der Waals surface area contributed by atoms with Crippen LogP contribution in [0.1, 0.15) is 29.9 Å². The minimum atomic E-state index is -0.551. The van der Waals surface area contributed by atoms with Crippen molar-refractivity contribution in [2.24, 2.45) is 0 Å². The molecule has 4 N–H and O–H groups in total. The molecule has 5 rings (SSSR count). The third kappa shape index (κ3) is 5.48. The van der Waals surface area contributed by atoms with E-state index in [9.17, 15) is 14.7 Å². The molecule has 2 aromatic carbocycles. The number of carbonyl (C=O) groups is 2. The molecule has 0 radical (unpaired) electrons. The van der Waals surface area contributed by atoms with Crippen LogP contribution in [-0.4, -0.2) is 46.9 Å². The average Bonchev–Trinajstić information content (AvgIpc) is 3.26. The Balaban J connectivity index is 1.24. The second-order valence-corrected chi connectivity index (χ2v) is 8.94. The molecule has 3 amide bonds. The summed E-state index contributed by atoms with van der Waals surface area (Å²) in [6, 6.07) is 18.1. The Hall–Kier alpha value is -3.95. The van der Waals surface area contributed by atoms with Gasteiger partial charge in [0.2, 0.25) is 5.91 Å². The van der Waals surface area contributed by atoms with Gasteiger partial charge < -0.3 is 30.5 Å². The van der Waals surface area contributed by atoms with Gasteiger partial charge in [-0.3, -0.25) is 9.78 Å². The maximum Gasteiger partial charge on any atom is 0.323 e. The van der Waals surface area contributed by atoms with Crippen LogP contribution in [0.2, 0.25) is 0 Å². The molecule has 2 aliphatic rings. The number of aromatic nitrogens is 1. The number of aliphatic hydroxyl groups excluding tert-OH is 1. The summed E-state index contributed by atoms with van der Waals surface area (Å²) in [5, 5.41) is 18.5. The lowest BCUT2D eigenvalue weighted by Gasteiger charge is -2.37. The summed E-state index contributed by atoms with van der Waals surface area (Å²) in [5.41, 5.74) is 3.17. The smallest absolute Gasteiger partial charge is 0.323 e. The molecular formula is C27H28N4O5. The molecule has 4 atom stereocenters. The van der Waals surface area contributed by atoms with Crippen molar-refractivity contribution in [3.05, 3.63) is 84.2 Å². The summed E-state index contributed by atoms with van der Waals surface area (Å²) in [6.45, 7) is 0.175. The molecule has 3 aromatic rings. The second kappa shape index (κ2) is 10.8. The van der Waals surface area contributed by atoms with Crippen molar-refractivity contribution in [3.63, 3.8) is 0 Å². The number of fused-ring (bicyclic) bond motifs is 3. The Labute approximate surface area is 208 Å². The molecule has 9 heteroatoms. The summed E-state index contributed by atoms with van der Waals surface area (Å²) < 4.78 is 12.1. The maximum absolute atomic E-state index is 12.6. The van der Waals surface area contributed by atoms with Gasteiger partial charge in [-0.2, -0.15) is 0 Å². The fraction of sp³-hybridized carbons (Fsp3) is 0.296. The Morgan fingerprint density at radius 1 is 1.03 bits per heavy atom. The number of hydrogen-bond donors (Lipinski definition) is 4. The number of anilines is 2. The maximum atomic E-state index is 12.6. The van der Waals surface area contributed by atoms with E-state index in [4.69, 9.17) is 9.47 Å². The van der Waals surface area contributed by atoms with Crippen molar-refractivity contribution in [1.82, 2.24) is 10.3 Å². The number of pyridine rings is 1. The van der Waals surface area contributed by atoms with Crippen LogP contribution in [0, 0.1) is 0 Å². The number of nitrogens with zero attached hydrogens (tertiary/aromatic N) is 1. The van der Waals surface area contributed by atoms with Crippen LogP contribution < -0.4 is 20.7 Å². The van der Waals surface area contributed by atoms with E-state index in [-0.39, 0.29) is 43.1 Å². The number of hydrogen-bond acceptors (Lipinski definition) is 6. The topological polar surface area (TPSA) is 122 Å². The van der Waals surface area contributed by atoms with E-state index < -0.39 is 6.10 Å². The van der Waals surface area contributed by atoms with Crippen LogP contribution in [0.3, 0.4) is 0 Å². The lowest BCUT2D eigenvalue weighted by atomic mass is 9.84. The van der Waals surface area contributed by atoms with E-state index in [1.807, 2.05) is 54.6 Å². The fourth-order valence-electron chi connectivity index (χ4n) is 4.76. The summed E-state index contributed by atoms with van der Waals surface area (Å²) in [7, 11) is 0. The molecule has 0 saturated carbocycles. The van der Waals surface area contributed by atoms with Crippen molar-refractivity contribution in [2.45, 2.75) is 43.6 Å². The van der Waals surface area contributed by atoms with Crippen molar-refractivity contribution >= 4 is 23.3 Å². The van der Waals surface area contributed by atoms with Crippen LogP contribution in [0.25, 0.3) is 0 Å². The number of urea groups is 1. The van der Waals surface area contributed by atoms with Crippen LogP contribution in [0.15, 0.2) is 73.1 Å². The number of ether oxygens (including phenoxy) is 2. The zero-order valence-electron chi connectivity index (χ0n) is 19.6. The van der Waals surface area contributed by atoms with Gasteiger partial charge in [0.15, 0.2) is 0 Å². The van der Waals surface area contributed by atoms with E-state index in [0.29, 0.717) is 30.1 Å². The van der Waals surface area contributed by atoms with Gasteiger partial charge in [0.25, 0.3) is 0 Å². The Bertz CT molecular complexity index is 1210. The van der Waals surface area contributed by atoms with Gasteiger partial charge in [0.05, 0.1) is 19.1 Å². The van der Waals surface area contributed by atoms with E-state index in [2.05, 4.69) is 20.9 Å². The van der Waals surface area contributed by atoms with E-state index >= 15 is 0 Å². The molecule has 0 unspecified atom stereocenters. The molecule has 0 aliphatic carbocycles. The van der Waals surface area contributed by atoms with Crippen LogP contribution in [-0.2, 0) is 16.1 Å². The van der Waals surface area contributed by atoms with Crippen LogP contribution in [0.4, 0.5) is 16.2 Å². The Morgan fingerprint density at radius 3 is 2.64 bits per heavy atom. The van der Waals surface area contributed by atoms with Gasteiger partial charge in [-0.1, -0.05) is 24.3 Å². The van der Waals surface area contributed by atoms with E-state index in [1.165, 1.54) is 0 Å². The number of aliphatic hydroxyl groups is 1. The number of nitrogens with one attached hydrogen (secondary N) is 3. The molecular weight excluding hydrogens is 460 g/mol. The number of benzene rings is 2. The van der Waals surface area contributed by atoms with Crippen molar-refractivity contribution in [1.29, 1.82) is 0 Å². The van der Waals surface area contributed by atoms with Gasteiger partial charge in [0.1, 0.15) is 18.0 Å². The quantitative estimate of drug-likeness (QED) is 0.404. The molecule has 2 aliphatic heterocycles. The first kappa shape index (κ1) is 23.8. The lowest BCUT2D eigenvalue weighted by Crippen LogP contribution is -2.47. The highest BCUT2D eigenvalue weighted by atomic mass is 16.6. The number of para-hydroxylation sites is 1. The summed E-state index contributed by atoms with van der Waals surface area (Å²) >= 11 is 0. The molecule has 36 heavy (non-hydrogen) atoms. The molecule has 1 fully saturated rings. The molecule has 9 nitrogen and oxygen atoms in total. The highest BCUT2D eigenvalue weighted by Gasteiger charge is 2.46. The van der Waals surface area contributed by atoms with Gasteiger partial charge in [-0.25, -0.2) is 4.79 Å². The predicted octanol–water partition coefficient (Wildman–Crippen LogP) is 3.43. The molecule has 1 aromatic heterocycles. The van der Waals surface area contributed by atoms with Gasteiger partial charge >= 0.3 is 6.03 Å². The van der Waals surface area contributed by atoms with Crippen molar-refractivity contribution in [3.8, 4) is 5.75 Å². The molecule has 3 heterocycles. The Morgan fingerprint density at radius 2 is 1.86 bits per heavy atom. The first-order chi connectivity index (χ1) is 17.6. The number of amides is 3. The van der Waals surface area contributed by atoms with Gasteiger partial charge in [0, 0.05) is 41.8 Å². The van der Waals surface area contributed by atoms with Crippen molar-refractivity contribution < 1.29 is 24.2 Å². The van der Waals surface area contributed by atoms with E-state index in [0.717, 1.165) is 11.1 Å². The highest BCUT2D eigenvalue weighted by molar-refractivity contribution is 5.99.